The molecule has 0 spiro atoms. The summed E-state index contributed by atoms with van der Waals surface area (Å²) < 4.78 is 41.0. The highest BCUT2D eigenvalue weighted by atomic mass is 19.4. The van der Waals surface area contributed by atoms with Gasteiger partial charge in [0.1, 0.15) is 0 Å². The lowest BCUT2D eigenvalue weighted by atomic mass is 9.94. The average molecular weight is 360 g/mol. The zero-order valence-electron chi connectivity index (χ0n) is 15.1. The molecule has 1 aliphatic rings. The summed E-state index contributed by atoms with van der Waals surface area (Å²) in [5, 5.41) is 0. The summed E-state index contributed by atoms with van der Waals surface area (Å²) in [6.07, 6.45) is -0.482. The van der Waals surface area contributed by atoms with Crippen LogP contribution in [0.5, 0.6) is 0 Å². The van der Waals surface area contributed by atoms with E-state index in [0.717, 1.165) is 30.5 Å². The summed E-state index contributed by atoms with van der Waals surface area (Å²) in [4.78, 5) is 6.21. The van der Waals surface area contributed by atoms with Crippen LogP contribution in [0.15, 0.2) is 47.5 Å². The van der Waals surface area contributed by atoms with Crippen LogP contribution < -0.4 is 0 Å². The van der Waals surface area contributed by atoms with Crippen molar-refractivity contribution in [1.29, 1.82) is 0 Å². The lowest BCUT2D eigenvalue weighted by molar-refractivity contribution is -0.138. The maximum Gasteiger partial charge on any atom is 0.416 e. The molecule has 0 amide bonds. The Morgan fingerprint density at radius 2 is 1.85 bits per heavy atom. The van der Waals surface area contributed by atoms with E-state index in [2.05, 4.69) is 4.99 Å². The molecule has 1 saturated carbocycles. The molecule has 2 aromatic carbocycles. The SMILES string of the molecule is CCN(C)C=Nc1cc(C(F)(F)F)c(Cc2ccccc2)cc1C1CC1. The van der Waals surface area contributed by atoms with Gasteiger partial charge in [0.25, 0.3) is 0 Å². The number of alkyl halides is 3. The monoisotopic (exact) mass is 360 g/mol. The first-order valence-electron chi connectivity index (χ1n) is 8.91. The highest BCUT2D eigenvalue weighted by Crippen LogP contribution is 2.47. The molecule has 2 nitrogen and oxygen atoms in total. The number of halogens is 3. The van der Waals surface area contributed by atoms with E-state index in [0.29, 0.717) is 17.2 Å². The second-order valence-electron chi connectivity index (χ2n) is 6.82. The standard InChI is InChI=1S/C21H23F3N2/c1-3-26(2)14-25-20-13-19(21(22,23)24)17(12-18(20)16-9-10-16)11-15-7-5-4-6-8-15/h4-8,12-14,16H,3,9-11H2,1-2H3. The van der Waals surface area contributed by atoms with Crippen LogP contribution in [0.2, 0.25) is 0 Å². The van der Waals surface area contributed by atoms with Gasteiger partial charge in [-0.3, -0.25) is 0 Å². The summed E-state index contributed by atoms with van der Waals surface area (Å²) in [5.41, 5.74) is 1.99. The smallest absolute Gasteiger partial charge is 0.366 e. The van der Waals surface area contributed by atoms with Crippen molar-refractivity contribution < 1.29 is 13.2 Å². The molecule has 0 atom stereocenters. The Balaban J connectivity index is 2.05. The van der Waals surface area contributed by atoms with Gasteiger partial charge in [-0.1, -0.05) is 36.4 Å². The minimum absolute atomic E-state index is 0.272. The fourth-order valence-electron chi connectivity index (χ4n) is 2.95. The zero-order chi connectivity index (χ0) is 18.7. The van der Waals surface area contributed by atoms with E-state index < -0.39 is 11.7 Å². The fourth-order valence-corrected chi connectivity index (χ4v) is 2.95. The summed E-state index contributed by atoms with van der Waals surface area (Å²) in [7, 11) is 1.86. The normalized spacial score (nSPS) is 14.8. The molecule has 0 heterocycles. The van der Waals surface area contributed by atoms with E-state index in [9.17, 15) is 13.2 Å². The third kappa shape index (κ3) is 4.45. The van der Waals surface area contributed by atoms with Gasteiger partial charge in [-0.25, -0.2) is 4.99 Å². The van der Waals surface area contributed by atoms with Crippen LogP contribution in [0.3, 0.4) is 0 Å². The predicted octanol–water partition coefficient (Wildman–Crippen LogP) is 5.79. The van der Waals surface area contributed by atoms with Crippen molar-refractivity contribution in [3.05, 3.63) is 64.7 Å². The molecule has 0 aromatic heterocycles. The predicted molar refractivity (Wildman–Crippen MR) is 99.1 cm³/mol. The molecule has 0 unspecified atom stereocenters. The molecule has 0 saturated heterocycles. The van der Waals surface area contributed by atoms with Gasteiger partial charge in [-0.2, -0.15) is 13.2 Å². The van der Waals surface area contributed by atoms with Crippen LogP contribution in [-0.4, -0.2) is 24.8 Å². The summed E-state index contributed by atoms with van der Waals surface area (Å²) in [6.45, 7) is 2.72. The Bertz CT molecular complexity index is 778. The quantitative estimate of drug-likeness (QED) is 0.471. The van der Waals surface area contributed by atoms with Crippen molar-refractivity contribution in [2.24, 2.45) is 4.99 Å². The number of rotatable bonds is 6. The minimum Gasteiger partial charge on any atom is -0.366 e. The van der Waals surface area contributed by atoms with Gasteiger partial charge in [0.05, 0.1) is 17.6 Å². The average Bonchev–Trinajstić information content (AvgIpc) is 3.44. The van der Waals surface area contributed by atoms with Gasteiger partial charge < -0.3 is 4.90 Å². The molecule has 0 radical (unpaired) electrons. The van der Waals surface area contributed by atoms with E-state index in [1.807, 2.05) is 49.2 Å². The van der Waals surface area contributed by atoms with Crippen molar-refractivity contribution >= 4 is 12.0 Å². The van der Waals surface area contributed by atoms with E-state index in [1.165, 1.54) is 6.07 Å². The van der Waals surface area contributed by atoms with E-state index in [1.54, 1.807) is 12.4 Å². The van der Waals surface area contributed by atoms with Crippen LogP contribution in [-0.2, 0) is 12.6 Å². The third-order valence-corrected chi connectivity index (χ3v) is 4.71. The number of hydrogen-bond donors (Lipinski definition) is 0. The van der Waals surface area contributed by atoms with Crippen LogP contribution in [0.25, 0.3) is 0 Å². The first-order valence-corrected chi connectivity index (χ1v) is 8.91. The first-order chi connectivity index (χ1) is 12.4. The van der Waals surface area contributed by atoms with E-state index in [4.69, 9.17) is 0 Å². The van der Waals surface area contributed by atoms with Gasteiger partial charge in [0.15, 0.2) is 0 Å². The Labute approximate surface area is 152 Å². The molecule has 2 aromatic rings. The second kappa shape index (κ2) is 7.52. The summed E-state index contributed by atoms with van der Waals surface area (Å²) in [6, 6.07) is 12.2. The molecule has 1 fully saturated rings. The lowest BCUT2D eigenvalue weighted by Crippen LogP contribution is -2.14. The molecule has 138 valence electrons. The van der Waals surface area contributed by atoms with Gasteiger partial charge in [-0.05, 0) is 54.9 Å². The molecular weight excluding hydrogens is 337 g/mol. The molecule has 0 aliphatic heterocycles. The number of benzene rings is 2. The molecular formula is C21H23F3N2. The first kappa shape index (κ1) is 18.5. The van der Waals surface area contributed by atoms with Crippen LogP contribution in [0.4, 0.5) is 18.9 Å². The van der Waals surface area contributed by atoms with E-state index >= 15 is 0 Å². The topological polar surface area (TPSA) is 15.6 Å². The van der Waals surface area contributed by atoms with Crippen molar-refractivity contribution in [3.63, 3.8) is 0 Å². The van der Waals surface area contributed by atoms with Crippen molar-refractivity contribution in [1.82, 2.24) is 4.90 Å². The summed E-state index contributed by atoms with van der Waals surface area (Å²) >= 11 is 0. The maximum absolute atomic E-state index is 13.7. The molecule has 3 rings (SSSR count). The molecule has 0 bridgehead atoms. The molecule has 5 heteroatoms. The molecule has 26 heavy (non-hydrogen) atoms. The Morgan fingerprint density at radius 1 is 1.15 bits per heavy atom. The minimum atomic E-state index is -4.40. The van der Waals surface area contributed by atoms with Gasteiger partial charge in [0.2, 0.25) is 0 Å². The van der Waals surface area contributed by atoms with Crippen LogP contribution >= 0.6 is 0 Å². The Morgan fingerprint density at radius 3 is 2.42 bits per heavy atom. The Kier molecular flexibility index (Phi) is 5.35. The highest BCUT2D eigenvalue weighted by Gasteiger charge is 2.36. The number of aliphatic imine (C=N–C) groups is 1. The Hall–Kier alpha value is -2.30. The van der Waals surface area contributed by atoms with Crippen molar-refractivity contribution in [2.45, 2.75) is 38.3 Å². The second-order valence-corrected chi connectivity index (χ2v) is 6.82. The highest BCUT2D eigenvalue weighted by molar-refractivity contribution is 5.65. The van der Waals surface area contributed by atoms with Gasteiger partial charge >= 0.3 is 6.18 Å². The van der Waals surface area contributed by atoms with Gasteiger partial charge in [0, 0.05) is 13.6 Å². The van der Waals surface area contributed by atoms with Gasteiger partial charge in [-0.15, -0.1) is 0 Å². The largest absolute Gasteiger partial charge is 0.416 e. The molecule has 0 N–H and O–H groups in total. The summed E-state index contributed by atoms with van der Waals surface area (Å²) in [5.74, 6) is 0.325. The van der Waals surface area contributed by atoms with Crippen molar-refractivity contribution in [3.8, 4) is 0 Å². The van der Waals surface area contributed by atoms with Crippen molar-refractivity contribution in [2.75, 3.05) is 13.6 Å². The van der Waals surface area contributed by atoms with Crippen LogP contribution in [0, 0.1) is 0 Å². The zero-order valence-corrected chi connectivity index (χ0v) is 15.1. The number of hydrogen-bond acceptors (Lipinski definition) is 1. The number of nitrogens with zero attached hydrogens (tertiary/aromatic N) is 2. The fraction of sp³-hybridized carbons (Fsp3) is 0.381. The molecule has 1 aliphatic carbocycles. The van der Waals surface area contributed by atoms with Crippen LogP contribution in [0.1, 0.15) is 47.9 Å². The third-order valence-electron chi connectivity index (χ3n) is 4.71. The lowest BCUT2D eigenvalue weighted by Gasteiger charge is -2.17. The maximum atomic E-state index is 13.7. The van der Waals surface area contributed by atoms with E-state index in [-0.39, 0.29) is 6.42 Å².